The predicted molar refractivity (Wildman–Crippen MR) is 71.1 cm³/mol. The third-order valence-electron chi connectivity index (χ3n) is 2.77. The lowest BCUT2D eigenvalue weighted by Crippen LogP contribution is -2.16. The van der Waals surface area contributed by atoms with Crippen LogP contribution in [0.3, 0.4) is 0 Å². The van der Waals surface area contributed by atoms with Gasteiger partial charge >= 0.3 is 0 Å². The highest BCUT2D eigenvalue weighted by Crippen LogP contribution is 2.10. The molecular formula is C12H16N4O2S. The number of benzene rings is 1. The minimum atomic E-state index is -3.12. The summed E-state index contributed by atoms with van der Waals surface area (Å²) in [5, 5.41) is 7.21. The van der Waals surface area contributed by atoms with Gasteiger partial charge in [0.2, 0.25) is 0 Å². The minimum Gasteiger partial charge on any atom is -0.306 e. The highest BCUT2D eigenvalue weighted by atomic mass is 32.2. The van der Waals surface area contributed by atoms with E-state index < -0.39 is 9.84 Å². The molecule has 0 fully saturated rings. The number of aryl methyl sites for hydroxylation is 1. The Kier molecular flexibility index (Phi) is 3.96. The van der Waals surface area contributed by atoms with E-state index in [1.165, 1.54) is 12.6 Å². The molecule has 0 bridgehead atoms. The number of hydrogen-bond donors (Lipinski definition) is 1. The second kappa shape index (κ2) is 5.50. The average Bonchev–Trinajstić information content (AvgIpc) is 2.75. The molecule has 0 amide bonds. The van der Waals surface area contributed by atoms with Crippen molar-refractivity contribution in [2.75, 3.05) is 6.26 Å². The molecule has 0 spiro atoms. The fraction of sp³-hybridized carbons (Fsp3) is 0.333. The average molecular weight is 280 g/mol. The molecule has 1 heterocycles. The Morgan fingerprint density at radius 3 is 2.42 bits per heavy atom. The first-order valence-electron chi connectivity index (χ1n) is 5.79. The summed E-state index contributed by atoms with van der Waals surface area (Å²) in [6.45, 7) is 1.27. The lowest BCUT2D eigenvalue weighted by Gasteiger charge is -2.05. The molecule has 0 saturated carbocycles. The van der Waals surface area contributed by atoms with Gasteiger partial charge in [-0.15, -0.1) is 0 Å². The molecule has 1 N–H and O–H groups in total. The molecule has 0 atom stereocenters. The molecule has 19 heavy (non-hydrogen) atoms. The SMILES string of the molecule is Cn1ncnc1CNCc1ccc(S(C)(=O)=O)cc1. The van der Waals surface area contributed by atoms with Crippen molar-refractivity contribution in [1.29, 1.82) is 0 Å². The van der Waals surface area contributed by atoms with Gasteiger partial charge in [0.1, 0.15) is 12.2 Å². The van der Waals surface area contributed by atoms with Crippen LogP contribution in [0.25, 0.3) is 0 Å². The van der Waals surface area contributed by atoms with Gasteiger partial charge in [-0.1, -0.05) is 12.1 Å². The van der Waals surface area contributed by atoms with Gasteiger partial charge < -0.3 is 5.32 Å². The smallest absolute Gasteiger partial charge is 0.175 e. The van der Waals surface area contributed by atoms with E-state index in [0.717, 1.165) is 11.4 Å². The van der Waals surface area contributed by atoms with E-state index in [9.17, 15) is 8.42 Å². The molecule has 6 nitrogen and oxygen atoms in total. The summed E-state index contributed by atoms with van der Waals surface area (Å²) in [5.74, 6) is 0.854. The third-order valence-corrected chi connectivity index (χ3v) is 3.90. The second-order valence-corrected chi connectivity index (χ2v) is 6.34. The van der Waals surface area contributed by atoms with Gasteiger partial charge in [-0.2, -0.15) is 5.10 Å². The first kappa shape index (κ1) is 13.7. The lowest BCUT2D eigenvalue weighted by molar-refractivity contribution is 0.601. The number of sulfone groups is 1. The summed E-state index contributed by atoms with van der Waals surface area (Å²) in [4.78, 5) is 4.44. The molecule has 1 aromatic carbocycles. The molecule has 0 radical (unpaired) electrons. The van der Waals surface area contributed by atoms with Crippen molar-refractivity contribution in [1.82, 2.24) is 20.1 Å². The number of nitrogens with one attached hydrogen (secondary N) is 1. The van der Waals surface area contributed by atoms with E-state index in [2.05, 4.69) is 15.4 Å². The summed E-state index contributed by atoms with van der Waals surface area (Å²) in [5.41, 5.74) is 1.02. The van der Waals surface area contributed by atoms with Crippen LogP contribution in [0, 0.1) is 0 Å². The van der Waals surface area contributed by atoms with Crippen LogP contribution in [0.4, 0.5) is 0 Å². The van der Waals surface area contributed by atoms with Gasteiger partial charge in [0.05, 0.1) is 11.4 Å². The molecular weight excluding hydrogens is 264 g/mol. The number of aromatic nitrogens is 3. The van der Waals surface area contributed by atoms with E-state index >= 15 is 0 Å². The third kappa shape index (κ3) is 3.62. The largest absolute Gasteiger partial charge is 0.306 e. The van der Waals surface area contributed by atoms with Crippen molar-refractivity contribution >= 4 is 9.84 Å². The van der Waals surface area contributed by atoms with Crippen LogP contribution in [0.1, 0.15) is 11.4 Å². The summed E-state index contributed by atoms with van der Waals surface area (Å²) in [7, 11) is -1.28. The highest BCUT2D eigenvalue weighted by Gasteiger charge is 2.06. The van der Waals surface area contributed by atoms with E-state index in [4.69, 9.17) is 0 Å². The van der Waals surface area contributed by atoms with Crippen LogP contribution < -0.4 is 5.32 Å². The van der Waals surface area contributed by atoms with Gasteiger partial charge in [-0.05, 0) is 17.7 Å². The van der Waals surface area contributed by atoms with Crippen molar-refractivity contribution in [3.05, 3.63) is 42.0 Å². The topological polar surface area (TPSA) is 76.9 Å². The fourth-order valence-electron chi connectivity index (χ4n) is 1.65. The summed E-state index contributed by atoms with van der Waals surface area (Å²) < 4.78 is 24.3. The Morgan fingerprint density at radius 2 is 1.89 bits per heavy atom. The van der Waals surface area contributed by atoms with Gasteiger partial charge in [0.25, 0.3) is 0 Å². The zero-order valence-corrected chi connectivity index (χ0v) is 11.7. The number of rotatable bonds is 5. The van der Waals surface area contributed by atoms with E-state index in [-0.39, 0.29) is 0 Å². The van der Waals surface area contributed by atoms with Crippen molar-refractivity contribution in [2.24, 2.45) is 7.05 Å². The molecule has 102 valence electrons. The normalized spacial score (nSPS) is 11.7. The molecule has 0 aliphatic rings. The summed E-state index contributed by atoms with van der Waals surface area (Å²) >= 11 is 0. The van der Waals surface area contributed by atoms with Crippen LogP contribution in [0.15, 0.2) is 35.5 Å². The molecule has 2 aromatic rings. The molecule has 0 saturated heterocycles. The van der Waals surface area contributed by atoms with Crippen LogP contribution in [-0.2, 0) is 30.0 Å². The highest BCUT2D eigenvalue weighted by molar-refractivity contribution is 7.90. The Morgan fingerprint density at radius 1 is 1.21 bits per heavy atom. The van der Waals surface area contributed by atoms with Crippen LogP contribution >= 0.6 is 0 Å². The second-order valence-electron chi connectivity index (χ2n) is 4.32. The number of hydrogen-bond acceptors (Lipinski definition) is 5. The Labute approximate surface area is 112 Å². The molecule has 7 heteroatoms. The Bertz CT molecular complexity index is 647. The first-order chi connectivity index (χ1) is 8.97. The van der Waals surface area contributed by atoms with E-state index in [0.29, 0.717) is 18.0 Å². The summed E-state index contributed by atoms with van der Waals surface area (Å²) in [6.07, 6.45) is 2.71. The zero-order valence-electron chi connectivity index (χ0n) is 10.9. The van der Waals surface area contributed by atoms with Crippen molar-refractivity contribution < 1.29 is 8.42 Å². The number of nitrogens with zero attached hydrogens (tertiary/aromatic N) is 3. The maximum absolute atomic E-state index is 11.3. The standard InChI is InChI=1S/C12H16N4O2S/c1-16-12(14-9-15-16)8-13-7-10-3-5-11(6-4-10)19(2,17)18/h3-6,9,13H,7-8H2,1-2H3. The quantitative estimate of drug-likeness (QED) is 0.863. The Hall–Kier alpha value is -1.73. The Balaban J connectivity index is 1.92. The molecule has 0 aliphatic heterocycles. The first-order valence-corrected chi connectivity index (χ1v) is 7.68. The van der Waals surface area contributed by atoms with Crippen molar-refractivity contribution in [3.8, 4) is 0 Å². The van der Waals surface area contributed by atoms with E-state index in [1.807, 2.05) is 7.05 Å². The van der Waals surface area contributed by atoms with E-state index in [1.54, 1.807) is 28.9 Å². The van der Waals surface area contributed by atoms with Crippen molar-refractivity contribution in [2.45, 2.75) is 18.0 Å². The monoisotopic (exact) mass is 280 g/mol. The summed E-state index contributed by atoms with van der Waals surface area (Å²) in [6, 6.07) is 6.85. The molecule has 0 aliphatic carbocycles. The van der Waals surface area contributed by atoms with Gasteiger partial charge in [-0.3, -0.25) is 4.68 Å². The minimum absolute atomic E-state index is 0.338. The van der Waals surface area contributed by atoms with Gasteiger partial charge in [0.15, 0.2) is 9.84 Å². The van der Waals surface area contributed by atoms with Crippen LogP contribution in [0.2, 0.25) is 0 Å². The van der Waals surface area contributed by atoms with Crippen LogP contribution in [0.5, 0.6) is 0 Å². The van der Waals surface area contributed by atoms with Gasteiger partial charge in [-0.25, -0.2) is 13.4 Å². The van der Waals surface area contributed by atoms with Crippen LogP contribution in [-0.4, -0.2) is 29.4 Å². The maximum atomic E-state index is 11.3. The maximum Gasteiger partial charge on any atom is 0.175 e. The fourth-order valence-corrected chi connectivity index (χ4v) is 2.28. The lowest BCUT2D eigenvalue weighted by atomic mass is 10.2. The molecule has 1 aromatic heterocycles. The van der Waals surface area contributed by atoms with Crippen molar-refractivity contribution in [3.63, 3.8) is 0 Å². The zero-order chi connectivity index (χ0) is 13.9. The molecule has 2 rings (SSSR count). The van der Waals surface area contributed by atoms with Gasteiger partial charge in [0, 0.05) is 19.8 Å². The molecule has 0 unspecified atom stereocenters. The predicted octanol–water partition coefficient (Wildman–Crippen LogP) is 0.508.